The van der Waals surface area contributed by atoms with Gasteiger partial charge in [-0.3, -0.25) is 0 Å². The SMILES string of the molecule is CC1CCCN(S(=O)(=O)N2CCC(Br)CC2)C1. The number of alkyl halides is 1. The Morgan fingerprint density at radius 3 is 2.29 bits per heavy atom. The van der Waals surface area contributed by atoms with Gasteiger partial charge in [-0.15, -0.1) is 0 Å². The third-order valence-corrected chi connectivity index (χ3v) is 6.57. The van der Waals surface area contributed by atoms with Gasteiger partial charge in [-0.05, 0) is 31.6 Å². The molecule has 0 N–H and O–H groups in total. The van der Waals surface area contributed by atoms with E-state index in [9.17, 15) is 8.42 Å². The summed E-state index contributed by atoms with van der Waals surface area (Å²) in [4.78, 5) is 0.481. The first-order valence-corrected chi connectivity index (χ1v) is 8.70. The molecule has 1 unspecified atom stereocenters. The molecular formula is C11H21BrN2O2S. The summed E-state index contributed by atoms with van der Waals surface area (Å²) in [5.74, 6) is 0.493. The summed E-state index contributed by atoms with van der Waals surface area (Å²) in [5.41, 5.74) is 0. The van der Waals surface area contributed by atoms with Crippen LogP contribution in [0.5, 0.6) is 0 Å². The normalized spacial score (nSPS) is 30.6. The predicted octanol–water partition coefficient (Wildman–Crippen LogP) is 1.82. The molecule has 2 saturated heterocycles. The lowest BCUT2D eigenvalue weighted by Crippen LogP contribution is -2.50. The lowest BCUT2D eigenvalue weighted by Gasteiger charge is -2.36. The Labute approximate surface area is 113 Å². The Bertz CT molecular complexity index is 352. The van der Waals surface area contributed by atoms with Crippen LogP contribution in [0, 0.1) is 5.92 Å². The zero-order chi connectivity index (χ0) is 12.5. The molecule has 6 heteroatoms. The minimum Gasteiger partial charge on any atom is -0.195 e. The maximum atomic E-state index is 12.4. The number of nitrogens with zero attached hydrogens (tertiary/aromatic N) is 2. The van der Waals surface area contributed by atoms with E-state index < -0.39 is 10.2 Å². The molecule has 0 amide bonds. The molecule has 2 aliphatic rings. The minimum absolute atomic E-state index is 0.481. The van der Waals surface area contributed by atoms with Crippen molar-refractivity contribution >= 4 is 26.1 Å². The van der Waals surface area contributed by atoms with E-state index in [1.54, 1.807) is 8.61 Å². The number of hydrogen-bond acceptors (Lipinski definition) is 2. The fourth-order valence-electron chi connectivity index (χ4n) is 2.57. The second-order valence-corrected chi connectivity index (χ2v) is 8.41. The fraction of sp³-hybridized carbons (Fsp3) is 1.00. The predicted molar refractivity (Wildman–Crippen MR) is 72.4 cm³/mol. The number of halogens is 1. The van der Waals surface area contributed by atoms with Gasteiger partial charge in [0, 0.05) is 31.0 Å². The van der Waals surface area contributed by atoms with Gasteiger partial charge in [0.15, 0.2) is 0 Å². The molecule has 0 aromatic carbocycles. The molecule has 2 rings (SSSR count). The number of hydrogen-bond donors (Lipinski definition) is 0. The van der Waals surface area contributed by atoms with E-state index >= 15 is 0 Å². The van der Waals surface area contributed by atoms with E-state index in [1.807, 2.05) is 0 Å². The molecule has 0 spiro atoms. The average Bonchev–Trinajstić information content (AvgIpc) is 2.29. The van der Waals surface area contributed by atoms with Crippen molar-refractivity contribution in [3.8, 4) is 0 Å². The van der Waals surface area contributed by atoms with Gasteiger partial charge < -0.3 is 0 Å². The molecule has 4 nitrogen and oxygen atoms in total. The van der Waals surface area contributed by atoms with E-state index in [0.717, 1.165) is 25.7 Å². The summed E-state index contributed by atoms with van der Waals surface area (Å²) in [6, 6.07) is 0. The lowest BCUT2D eigenvalue weighted by molar-refractivity contribution is 0.249. The van der Waals surface area contributed by atoms with Gasteiger partial charge in [-0.1, -0.05) is 22.9 Å². The van der Waals surface area contributed by atoms with Crippen molar-refractivity contribution < 1.29 is 8.42 Å². The van der Waals surface area contributed by atoms with Crippen molar-refractivity contribution in [1.29, 1.82) is 0 Å². The fourth-order valence-corrected chi connectivity index (χ4v) is 4.79. The van der Waals surface area contributed by atoms with Crippen molar-refractivity contribution in [3.63, 3.8) is 0 Å². The molecule has 2 heterocycles. The molecule has 0 saturated carbocycles. The van der Waals surface area contributed by atoms with Crippen LogP contribution in [0.15, 0.2) is 0 Å². The van der Waals surface area contributed by atoms with E-state index in [1.165, 1.54) is 0 Å². The van der Waals surface area contributed by atoms with Gasteiger partial charge in [0.25, 0.3) is 10.2 Å². The quantitative estimate of drug-likeness (QED) is 0.727. The molecule has 0 aromatic rings. The Morgan fingerprint density at radius 1 is 1.06 bits per heavy atom. The molecule has 1 atom stereocenters. The first kappa shape index (κ1) is 13.8. The van der Waals surface area contributed by atoms with Crippen LogP contribution in [0.4, 0.5) is 0 Å². The Balaban J connectivity index is 2.02. The second kappa shape index (κ2) is 5.55. The molecule has 2 fully saturated rings. The summed E-state index contributed by atoms with van der Waals surface area (Å²) < 4.78 is 28.2. The maximum absolute atomic E-state index is 12.4. The zero-order valence-electron chi connectivity index (χ0n) is 10.3. The largest absolute Gasteiger partial charge is 0.281 e. The summed E-state index contributed by atoms with van der Waals surface area (Å²) in [6.45, 7) is 4.83. The zero-order valence-corrected chi connectivity index (χ0v) is 12.7. The number of piperidine rings is 2. The van der Waals surface area contributed by atoms with Gasteiger partial charge in [0.1, 0.15) is 0 Å². The van der Waals surface area contributed by atoms with Crippen molar-refractivity contribution in [2.45, 2.75) is 37.4 Å². The summed E-state index contributed by atoms with van der Waals surface area (Å²) >= 11 is 3.55. The molecule has 0 bridgehead atoms. The molecule has 17 heavy (non-hydrogen) atoms. The summed E-state index contributed by atoms with van der Waals surface area (Å²) in [7, 11) is -3.20. The van der Waals surface area contributed by atoms with Crippen LogP contribution in [0.1, 0.15) is 32.6 Å². The Morgan fingerprint density at radius 2 is 1.71 bits per heavy atom. The highest BCUT2D eigenvalue weighted by atomic mass is 79.9. The lowest BCUT2D eigenvalue weighted by atomic mass is 10.0. The standard InChI is InChI=1S/C11H21BrN2O2S/c1-10-3-2-6-14(9-10)17(15,16)13-7-4-11(12)5-8-13/h10-11H,2-9H2,1H3. The first-order chi connectivity index (χ1) is 8.00. The van der Waals surface area contributed by atoms with Gasteiger partial charge >= 0.3 is 0 Å². The van der Waals surface area contributed by atoms with Crippen molar-refractivity contribution in [2.75, 3.05) is 26.2 Å². The van der Waals surface area contributed by atoms with Gasteiger partial charge in [0.05, 0.1) is 0 Å². The van der Waals surface area contributed by atoms with E-state index in [0.29, 0.717) is 36.9 Å². The van der Waals surface area contributed by atoms with Crippen molar-refractivity contribution in [1.82, 2.24) is 8.61 Å². The third kappa shape index (κ3) is 3.22. The summed E-state index contributed by atoms with van der Waals surface area (Å²) in [5, 5.41) is 0. The highest BCUT2D eigenvalue weighted by Gasteiger charge is 2.34. The Hall–Kier alpha value is 0.350. The molecular weight excluding hydrogens is 304 g/mol. The van der Waals surface area contributed by atoms with Gasteiger partial charge in [-0.25, -0.2) is 0 Å². The smallest absolute Gasteiger partial charge is 0.195 e. The van der Waals surface area contributed by atoms with E-state index in [2.05, 4.69) is 22.9 Å². The number of rotatable bonds is 2. The molecule has 0 radical (unpaired) electrons. The van der Waals surface area contributed by atoms with Gasteiger partial charge in [0.2, 0.25) is 0 Å². The monoisotopic (exact) mass is 324 g/mol. The topological polar surface area (TPSA) is 40.6 Å². The maximum Gasteiger partial charge on any atom is 0.281 e. The van der Waals surface area contributed by atoms with E-state index in [-0.39, 0.29) is 0 Å². The minimum atomic E-state index is -3.20. The first-order valence-electron chi connectivity index (χ1n) is 6.39. The third-order valence-electron chi connectivity index (χ3n) is 3.66. The van der Waals surface area contributed by atoms with Crippen LogP contribution in [0.25, 0.3) is 0 Å². The second-order valence-electron chi connectivity index (χ2n) is 5.19. The average molecular weight is 325 g/mol. The highest BCUT2D eigenvalue weighted by molar-refractivity contribution is 9.09. The van der Waals surface area contributed by atoms with Crippen molar-refractivity contribution in [2.24, 2.45) is 5.92 Å². The molecule has 2 aliphatic heterocycles. The van der Waals surface area contributed by atoms with E-state index in [4.69, 9.17) is 0 Å². The van der Waals surface area contributed by atoms with Crippen molar-refractivity contribution in [3.05, 3.63) is 0 Å². The van der Waals surface area contributed by atoms with Crippen LogP contribution in [-0.4, -0.2) is 48.0 Å². The van der Waals surface area contributed by atoms with Crippen LogP contribution in [0.3, 0.4) is 0 Å². The molecule has 0 aromatic heterocycles. The highest BCUT2D eigenvalue weighted by Crippen LogP contribution is 2.24. The molecule has 100 valence electrons. The molecule has 0 aliphatic carbocycles. The van der Waals surface area contributed by atoms with Crippen LogP contribution in [0.2, 0.25) is 0 Å². The Kier molecular flexibility index (Phi) is 4.50. The summed E-state index contributed by atoms with van der Waals surface area (Å²) in [6.07, 6.45) is 3.98. The van der Waals surface area contributed by atoms with Gasteiger partial charge in [-0.2, -0.15) is 17.0 Å². The van der Waals surface area contributed by atoms with Crippen LogP contribution < -0.4 is 0 Å². The van der Waals surface area contributed by atoms with Crippen LogP contribution in [-0.2, 0) is 10.2 Å². The van der Waals surface area contributed by atoms with Crippen LogP contribution >= 0.6 is 15.9 Å².